The molecule has 0 radical (unpaired) electrons. The average molecular weight is 480 g/mol. The third kappa shape index (κ3) is 4.32. The number of benzene rings is 2. The first-order valence-corrected chi connectivity index (χ1v) is 10.0. The van der Waals surface area contributed by atoms with E-state index in [2.05, 4.69) is 15.9 Å². The molecule has 3 aromatic rings. The Morgan fingerprint density at radius 3 is 2.14 bits per heavy atom. The first-order valence-electron chi connectivity index (χ1n) is 8.49. The number of rotatable bonds is 5. The van der Waals surface area contributed by atoms with E-state index >= 15 is 0 Å². The molecule has 1 amide bonds. The third-order valence-electron chi connectivity index (χ3n) is 4.33. The third-order valence-corrected chi connectivity index (χ3v) is 5.41. The predicted octanol–water partition coefficient (Wildman–Crippen LogP) is 5.84. The van der Waals surface area contributed by atoms with Crippen LogP contribution in [0.1, 0.15) is 32.1 Å². The summed E-state index contributed by atoms with van der Waals surface area (Å²) in [7, 11) is 0. The molecule has 3 rings (SSSR count). The molecule has 28 heavy (non-hydrogen) atoms. The van der Waals surface area contributed by atoms with Gasteiger partial charge in [-0.05, 0) is 56.3 Å². The molecule has 0 spiro atoms. The Kier molecular flexibility index (Phi) is 6.28. The van der Waals surface area contributed by atoms with Crippen molar-refractivity contribution in [2.75, 3.05) is 11.6 Å². The van der Waals surface area contributed by atoms with Gasteiger partial charge in [-0.1, -0.05) is 51.3 Å². The van der Waals surface area contributed by atoms with E-state index in [4.69, 9.17) is 23.2 Å². The van der Waals surface area contributed by atoms with Gasteiger partial charge >= 0.3 is 0 Å². The molecule has 4 nitrogen and oxygen atoms in total. The number of amides is 1. The number of aryl methyl sites for hydroxylation is 2. The largest absolute Gasteiger partial charge is 0.292 e. The lowest BCUT2D eigenvalue weighted by Gasteiger charge is -2.27. The SMILES string of the molecule is Cc1ccc(C)n1N(CC(=O)c1ccc(Br)cc1)C(=O)c1ccc(Cl)cc1Cl. The van der Waals surface area contributed by atoms with Gasteiger partial charge in [0.05, 0.1) is 10.6 Å². The number of hydrogen-bond donors (Lipinski definition) is 0. The van der Waals surface area contributed by atoms with Crippen LogP contribution in [0.4, 0.5) is 0 Å². The van der Waals surface area contributed by atoms with Gasteiger partial charge in [-0.3, -0.25) is 14.3 Å². The Morgan fingerprint density at radius 1 is 0.964 bits per heavy atom. The maximum Gasteiger partial charge on any atom is 0.274 e. The van der Waals surface area contributed by atoms with E-state index in [0.717, 1.165) is 15.9 Å². The second kappa shape index (κ2) is 8.52. The van der Waals surface area contributed by atoms with Gasteiger partial charge in [-0.15, -0.1) is 0 Å². The van der Waals surface area contributed by atoms with E-state index in [1.807, 2.05) is 26.0 Å². The van der Waals surface area contributed by atoms with Crippen molar-refractivity contribution in [3.63, 3.8) is 0 Å². The lowest BCUT2D eigenvalue weighted by Crippen LogP contribution is -2.45. The van der Waals surface area contributed by atoms with Crippen LogP contribution in [0.3, 0.4) is 0 Å². The second-order valence-electron chi connectivity index (χ2n) is 6.34. The van der Waals surface area contributed by atoms with Gasteiger partial charge in [0.15, 0.2) is 5.78 Å². The number of nitrogens with zero attached hydrogens (tertiary/aromatic N) is 2. The molecule has 1 aromatic heterocycles. The van der Waals surface area contributed by atoms with Crippen molar-refractivity contribution in [1.82, 2.24) is 4.68 Å². The molecule has 0 unspecified atom stereocenters. The highest BCUT2D eigenvalue weighted by molar-refractivity contribution is 9.10. The topological polar surface area (TPSA) is 42.3 Å². The minimum Gasteiger partial charge on any atom is -0.292 e. The lowest BCUT2D eigenvalue weighted by molar-refractivity contribution is 0.0908. The van der Waals surface area contributed by atoms with Crippen LogP contribution in [0.15, 0.2) is 59.1 Å². The van der Waals surface area contributed by atoms with E-state index in [0.29, 0.717) is 10.6 Å². The van der Waals surface area contributed by atoms with Crippen molar-refractivity contribution in [3.05, 3.63) is 91.6 Å². The molecule has 0 aliphatic rings. The zero-order chi connectivity index (χ0) is 20.4. The van der Waals surface area contributed by atoms with Crippen LogP contribution < -0.4 is 5.01 Å². The minimum absolute atomic E-state index is 0.129. The molecule has 7 heteroatoms. The first-order chi connectivity index (χ1) is 13.3. The van der Waals surface area contributed by atoms with Crippen molar-refractivity contribution in [3.8, 4) is 0 Å². The van der Waals surface area contributed by atoms with Crippen LogP contribution in [0.25, 0.3) is 0 Å². The maximum atomic E-state index is 13.3. The summed E-state index contributed by atoms with van der Waals surface area (Å²) >= 11 is 15.6. The molecular formula is C21H17BrCl2N2O2. The van der Waals surface area contributed by atoms with E-state index < -0.39 is 0 Å². The van der Waals surface area contributed by atoms with E-state index in [1.54, 1.807) is 41.1 Å². The van der Waals surface area contributed by atoms with Crippen LogP contribution in [-0.2, 0) is 0 Å². The Bertz CT molecular complexity index is 1030. The molecule has 0 aliphatic carbocycles. The predicted molar refractivity (Wildman–Crippen MR) is 116 cm³/mol. The summed E-state index contributed by atoms with van der Waals surface area (Å²) in [6.45, 7) is 3.62. The molecular weight excluding hydrogens is 463 g/mol. The Labute approximate surface area is 181 Å². The summed E-state index contributed by atoms with van der Waals surface area (Å²) in [5.41, 5.74) is 2.46. The fourth-order valence-corrected chi connectivity index (χ4v) is 3.69. The quantitative estimate of drug-likeness (QED) is 0.431. The van der Waals surface area contributed by atoms with E-state index in [1.165, 1.54) is 11.1 Å². The van der Waals surface area contributed by atoms with Crippen molar-refractivity contribution in [2.45, 2.75) is 13.8 Å². The fourth-order valence-electron chi connectivity index (χ4n) is 2.94. The van der Waals surface area contributed by atoms with Gasteiger partial charge in [0, 0.05) is 26.4 Å². The summed E-state index contributed by atoms with van der Waals surface area (Å²) in [5.74, 6) is -0.562. The number of ketones is 1. The van der Waals surface area contributed by atoms with Gasteiger partial charge in [0.25, 0.3) is 5.91 Å². The standard InChI is InChI=1S/C21H17BrCl2N2O2/c1-13-3-4-14(2)26(13)25(12-20(27)15-5-7-16(22)8-6-15)21(28)18-10-9-17(23)11-19(18)24/h3-11H,12H2,1-2H3. The van der Waals surface area contributed by atoms with Crippen LogP contribution in [-0.4, -0.2) is 22.9 Å². The molecule has 144 valence electrons. The smallest absolute Gasteiger partial charge is 0.274 e. The van der Waals surface area contributed by atoms with E-state index in [9.17, 15) is 9.59 Å². The molecule has 0 saturated carbocycles. The zero-order valence-electron chi connectivity index (χ0n) is 15.2. The second-order valence-corrected chi connectivity index (χ2v) is 8.10. The summed E-state index contributed by atoms with van der Waals surface area (Å²) in [6, 6.07) is 15.5. The van der Waals surface area contributed by atoms with Crippen molar-refractivity contribution in [1.29, 1.82) is 0 Å². The number of aromatic nitrogens is 1. The summed E-state index contributed by atoms with van der Waals surface area (Å²) < 4.78 is 2.60. The highest BCUT2D eigenvalue weighted by Gasteiger charge is 2.25. The molecule has 1 heterocycles. The van der Waals surface area contributed by atoms with Crippen LogP contribution >= 0.6 is 39.1 Å². The monoisotopic (exact) mass is 478 g/mol. The molecule has 0 aliphatic heterocycles. The number of carbonyl (C=O) groups excluding carboxylic acids is 2. The molecule has 0 bridgehead atoms. The van der Waals surface area contributed by atoms with E-state index in [-0.39, 0.29) is 28.8 Å². The number of hydrogen-bond acceptors (Lipinski definition) is 2. The average Bonchev–Trinajstić information content (AvgIpc) is 2.98. The summed E-state index contributed by atoms with van der Waals surface area (Å²) in [5, 5.41) is 2.08. The van der Waals surface area contributed by atoms with Crippen LogP contribution in [0.5, 0.6) is 0 Å². The van der Waals surface area contributed by atoms with Gasteiger partial charge in [-0.2, -0.15) is 0 Å². The molecule has 0 saturated heterocycles. The van der Waals surface area contributed by atoms with Crippen molar-refractivity contribution >= 4 is 50.8 Å². The Hall–Kier alpha value is -2.08. The fraction of sp³-hybridized carbons (Fsp3) is 0.143. The van der Waals surface area contributed by atoms with Crippen molar-refractivity contribution < 1.29 is 9.59 Å². The summed E-state index contributed by atoms with van der Waals surface area (Å²) in [6.07, 6.45) is 0. The van der Waals surface area contributed by atoms with Gasteiger partial charge in [0.1, 0.15) is 6.54 Å². The molecule has 2 aromatic carbocycles. The van der Waals surface area contributed by atoms with Gasteiger partial charge < -0.3 is 0 Å². The highest BCUT2D eigenvalue weighted by atomic mass is 79.9. The van der Waals surface area contributed by atoms with Crippen LogP contribution in [0.2, 0.25) is 10.0 Å². The Morgan fingerprint density at radius 2 is 1.57 bits per heavy atom. The van der Waals surface area contributed by atoms with Gasteiger partial charge in [-0.25, -0.2) is 5.01 Å². The maximum absolute atomic E-state index is 13.3. The normalized spacial score (nSPS) is 10.8. The number of Topliss-reactive ketones (excluding diaryl/α,β-unsaturated/α-hetero) is 1. The highest BCUT2D eigenvalue weighted by Crippen LogP contribution is 2.23. The minimum atomic E-state index is -0.380. The zero-order valence-corrected chi connectivity index (χ0v) is 18.3. The number of halogens is 3. The first kappa shape index (κ1) is 20.6. The van der Waals surface area contributed by atoms with Crippen LogP contribution in [0, 0.1) is 13.8 Å². The molecule has 0 atom stereocenters. The van der Waals surface area contributed by atoms with Gasteiger partial charge in [0.2, 0.25) is 0 Å². The molecule has 0 N–H and O–H groups in total. The number of carbonyl (C=O) groups is 2. The summed E-state index contributed by atoms with van der Waals surface area (Å²) in [4.78, 5) is 26.2. The lowest BCUT2D eigenvalue weighted by atomic mass is 10.1. The molecule has 0 fully saturated rings. The van der Waals surface area contributed by atoms with Crippen molar-refractivity contribution in [2.24, 2.45) is 0 Å². The Balaban J connectivity index is 2.01.